The molecule has 8 heteroatoms. The zero-order valence-corrected chi connectivity index (χ0v) is 31.6. The number of hydrogen-bond acceptors (Lipinski definition) is 5. The molecule has 1 aliphatic rings. The van der Waals surface area contributed by atoms with E-state index < -0.39 is 11.6 Å². The van der Waals surface area contributed by atoms with Crippen LogP contribution in [-0.4, -0.2) is 46.4 Å². The van der Waals surface area contributed by atoms with Crippen molar-refractivity contribution in [2.45, 2.75) is 102 Å². The number of halogens is 2. The number of allylic oxidation sites excluding steroid dienone is 1. The Morgan fingerprint density at radius 3 is 2.08 bits per heavy atom. The first kappa shape index (κ1) is 42.1. The summed E-state index contributed by atoms with van der Waals surface area (Å²) in [6.45, 7) is 32.3. The van der Waals surface area contributed by atoms with Crippen molar-refractivity contribution in [1.29, 1.82) is 0 Å². The van der Waals surface area contributed by atoms with E-state index in [1.165, 1.54) is 55.6 Å². The van der Waals surface area contributed by atoms with E-state index in [0.29, 0.717) is 40.4 Å². The summed E-state index contributed by atoms with van der Waals surface area (Å²) in [5, 5.41) is 0. The Labute approximate surface area is 289 Å². The molecule has 0 spiro atoms. The third kappa shape index (κ3) is 11.1. The smallest absolute Gasteiger partial charge is 0.150 e. The van der Waals surface area contributed by atoms with E-state index in [2.05, 4.69) is 56.1 Å². The number of amidine groups is 1. The molecule has 3 aromatic rings. The van der Waals surface area contributed by atoms with Gasteiger partial charge in [0.05, 0.1) is 11.7 Å². The second-order valence-corrected chi connectivity index (χ2v) is 11.5. The maximum atomic E-state index is 14.8. The van der Waals surface area contributed by atoms with Gasteiger partial charge in [0.15, 0.2) is 0 Å². The van der Waals surface area contributed by atoms with Crippen LogP contribution in [0, 0.1) is 31.4 Å². The summed E-state index contributed by atoms with van der Waals surface area (Å²) in [4.78, 5) is 17.8. The zero-order valence-electron chi connectivity index (χ0n) is 31.6. The Morgan fingerprint density at radius 1 is 0.938 bits per heavy atom. The van der Waals surface area contributed by atoms with Crippen molar-refractivity contribution in [3.05, 3.63) is 88.9 Å². The maximum Gasteiger partial charge on any atom is 0.150 e. The molecular weight excluding hydrogens is 602 g/mol. The number of aliphatic imine (C=N–C) groups is 1. The standard InChI is InChI=1S/C28H29F2N5.C8H19N.2C2H6/c1-15(2)18(5)32-27(31)20-12-10-16(3)22(14-20)25-21-13-11-17(4)35(28(21)34-19(6)33-25)26-23(29)8-7-9-24(26)30;1-4-7-8-9(5-2)6-3;2*1-2/h7-15,18H,4H2,1-3,5-6H3,(H2,31,32);4-8H2,1-3H3;2*1-2H3. The molecule has 0 amide bonds. The molecule has 2 N–H and O–H groups in total. The topological polar surface area (TPSA) is 70.6 Å². The van der Waals surface area contributed by atoms with E-state index in [1.807, 2.05) is 65.8 Å². The number of aromatic nitrogens is 2. The largest absolute Gasteiger partial charge is 0.383 e. The Morgan fingerprint density at radius 2 is 1.54 bits per heavy atom. The zero-order chi connectivity index (χ0) is 36.6. The summed E-state index contributed by atoms with van der Waals surface area (Å²) in [5.41, 5.74) is 10.4. The molecule has 1 atom stereocenters. The number of benzene rings is 2. The number of rotatable bonds is 10. The van der Waals surface area contributed by atoms with E-state index in [1.54, 1.807) is 13.0 Å². The summed E-state index contributed by atoms with van der Waals surface area (Å²) in [6, 6.07) is 9.69. The Balaban J connectivity index is 0.000000761. The first-order valence-corrected chi connectivity index (χ1v) is 17.6. The lowest BCUT2D eigenvalue weighted by atomic mass is 9.96. The van der Waals surface area contributed by atoms with Crippen LogP contribution in [0.5, 0.6) is 0 Å². The van der Waals surface area contributed by atoms with Crippen LogP contribution in [-0.2, 0) is 0 Å². The second-order valence-electron chi connectivity index (χ2n) is 11.5. The third-order valence-electron chi connectivity index (χ3n) is 7.96. The predicted molar refractivity (Wildman–Crippen MR) is 204 cm³/mol. The lowest BCUT2D eigenvalue weighted by Gasteiger charge is -2.30. The van der Waals surface area contributed by atoms with Crippen LogP contribution in [0.3, 0.4) is 0 Å². The van der Waals surface area contributed by atoms with Gasteiger partial charge in [-0.05, 0) is 88.7 Å². The quantitative estimate of drug-likeness (QED) is 0.173. The highest BCUT2D eigenvalue weighted by atomic mass is 19.1. The molecule has 0 bridgehead atoms. The normalized spacial score (nSPS) is 12.8. The molecular formula is C40H60F2N6. The van der Waals surface area contributed by atoms with Crippen molar-refractivity contribution in [1.82, 2.24) is 14.9 Å². The molecule has 264 valence electrons. The van der Waals surface area contributed by atoms with Crippen molar-refractivity contribution in [2.24, 2.45) is 16.6 Å². The van der Waals surface area contributed by atoms with E-state index in [9.17, 15) is 8.78 Å². The molecule has 6 nitrogen and oxygen atoms in total. The van der Waals surface area contributed by atoms with Gasteiger partial charge in [-0.25, -0.2) is 18.7 Å². The van der Waals surface area contributed by atoms with Crippen LogP contribution >= 0.6 is 0 Å². The fourth-order valence-corrected chi connectivity index (χ4v) is 4.84. The molecule has 0 fully saturated rings. The number of para-hydroxylation sites is 1. The first-order chi connectivity index (χ1) is 22.9. The van der Waals surface area contributed by atoms with Gasteiger partial charge in [-0.1, -0.05) is 93.5 Å². The SMILES string of the molecule is C=C1C=Cc2c(-c3cc(C(N)=NC(C)C(C)C)ccc3C)nc(C)nc2N1c1c(F)cccc1F.CC.CC.CCCCN(CC)CC. The van der Waals surface area contributed by atoms with Crippen molar-refractivity contribution < 1.29 is 8.78 Å². The summed E-state index contributed by atoms with van der Waals surface area (Å²) < 4.78 is 29.6. The number of aryl methyl sites for hydroxylation is 2. The van der Waals surface area contributed by atoms with Gasteiger partial charge in [-0.15, -0.1) is 0 Å². The molecule has 0 radical (unpaired) electrons. The minimum atomic E-state index is -0.702. The first-order valence-electron chi connectivity index (χ1n) is 17.6. The summed E-state index contributed by atoms with van der Waals surface area (Å²) in [7, 11) is 0. The fourth-order valence-electron chi connectivity index (χ4n) is 4.84. The van der Waals surface area contributed by atoms with Crippen LogP contribution in [0.15, 0.2) is 59.7 Å². The number of anilines is 2. The van der Waals surface area contributed by atoms with Crippen molar-refractivity contribution in [3.8, 4) is 11.3 Å². The monoisotopic (exact) mass is 662 g/mol. The van der Waals surface area contributed by atoms with E-state index >= 15 is 0 Å². The van der Waals surface area contributed by atoms with Crippen molar-refractivity contribution in [3.63, 3.8) is 0 Å². The molecule has 2 aromatic carbocycles. The number of hydrogen-bond donors (Lipinski definition) is 1. The minimum Gasteiger partial charge on any atom is -0.383 e. The molecule has 0 saturated carbocycles. The Kier molecular flexibility index (Phi) is 18.5. The van der Waals surface area contributed by atoms with Gasteiger partial charge in [0, 0.05) is 22.4 Å². The van der Waals surface area contributed by atoms with E-state index in [0.717, 1.165) is 16.7 Å². The van der Waals surface area contributed by atoms with Crippen molar-refractivity contribution in [2.75, 3.05) is 24.5 Å². The molecule has 1 aromatic heterocycles. The molecule has 48 heavy (non-hydrogen) atoms. The molecule has 1 unspecified atom stereocenters. The van der Waals surface area contributed by atoms with Gasteiger partial charge < -0.3 is 10.6 Å². The van der Waals surface area contributed by atoms with Crippen LogP contribution in [0.1, 0.15) is 105 Å². The number of fused-ring (bicyclic) bond motifs is 1. The van der Waals surface area contributed by atoms with Gasteiger partial charge in [-0.3, -0.25) is 9.89 Å². The van der Waals surface area contributed by atoms with Crippen LogP contribution < -0.4 is 10.6 Å². The maximum absolute atomic E-state index is 14.8. The molecule has 0 saturated heterocycles. The second kappa shape index (κ2) is 21.1. The lowest BCUT2D eigenvalue weighted by molar-refractivity contribution is 0.299. The fraction of sp³-hybridized carbons (Fsp3) is 0.475. The minimum absolute atomic E-state index is 0.0759. The highest BCUT2D eigenvalue weighted by Gasteiger charge is 2.28. The molecule has 0 aliphatic carbocycles. The van der Waals surface area contributed by atoms with Crippen LogP contribution in [0.2, 0.25) is 0 Å². The van der Waals surface area contributed by atoms with Gasteiger partial charge in [0.25, 0.3) is 0 Å². The lowest BCUT2D eigenvalue weighted by Crippen LogP contribution is -2.23. The van der Waals surface area contributed by atoms with Gasteiger partial charge in [0.2, 0.25) is 0 Å². The molecule has 4 rings (SSSR count). The number of unbranched alkanes of at least 4 members (excludes halogenated alkanes) is 1. The van der Waals surface area contributed by atoms with Gasteiger partial charge >= 0.3 is 0 Å². The summed E-state index contributed by atoms with van der Waals surface area (Å²) in [6.07, 6.45) is 6.19. The van der Waals surface area contributed by atoms with Gasteiger partial charge in [-0.2, -0.15) is 0 Å². The Hall–Kier alpha value is -3.91. The van der Waals surface area contributed by atoms with Crippen LogP contribution in [0.25, 0.3) is 17.3 Å². The predicted octanol–water partition coefficient (Wildman–Crippen LogP) is 10.6. The van der Waals surface area contributed by atoms with Gasteiger partial charge in [0.1, 0.15) is 34.8 Å². The summed E-state index contributed by atoms with van der Waals surface area (Å²) >= 11 is 0. The molecule has 1 aliphatic heterocycles. The third-order valence-corrected chi connectivity index (χ3v) is 7.96. The average Bonchev–Trinajstić information content (AvgIpc) is 3.08. The molecule has 2 heterocycles. The van der Waals surface area contributed by atoms with Crippen molar-refractivity contribution >= 4 is 23.4 Å². The van der Waals surface area contributed by atoms with E-state index in [4.69, 9.17) is 10.7 Å². The van der Waals surface area contributed by atoms with Crippen LogP contribution in [0.4, 0.5) is 20.3 Å². The Bertz CT molecular complexity index is 1490. The average molecular weight is 663 g/mol. The van der Waals surface area contributed by atoms with E-state index in [-0.39, 0.29) is 11.7 Å². The number of nitrogens with two attached hydrogens (primary N) is 1. The highest BCUT2D eigenvalue weighted by Crippen LogP contribution is 2.42. The highest BCUT2D eigenvalue weighted by molar-refractivity contribution is 5.99. The summed E-state index contributed by atoms with van der Waals surface area (Å²) in [5.74, 6) is 0.231. The number of nitrogens with zero attached hydrogens (tertiary/aromatic N) is 5.